The number of nitrogens with one attached hydrogen (secondary N) is 1. The van der Waals surface area contributed by atoms with Crippen LogP contribution in [0.3, 0.4) is 0 Å². The highest BCUT2D eigenvalue weighted by Crippen LogP contribution is 2.33. The molecule has 2 nitrogen and oxygen atoms in total. The number of hydrogen-bond donors (Lipinski definition) is 1. The van der Waals surface area contributed by atoms with Crippen molar-refractivity contribution in [1.29, 1.82) is 0 Å². The fraction of sp³-hybridized carbons (Fsp3) is 0.667. The Kier molecular flexibility index (Phi) is 5.73. The maximum Gasteiger partial charge on any atom is 0.0377 e. The predicted octanol–water partition coefficient (Wildman–Crippen LogP) is 4.82. The molecule has 1 saturated heterocycles. The highest BCUT2D eigenvalue weighted by molar-refractivity contribution is 9.10. The van der Waals surface area contributed by atoms with E-state index in [4.69, 9.17) is 0 Å². The molecule has 0 amide bonds. The van der Waals surface area contributed by atoms with Crippen molar-refractivity contribution in [1.82, 2.24) is 5.32 Å². The summed E-state index contributed by atoms with van der Waals surface area (Å²) in [5.74, 6) is 0.693. The van der Waals surface area contributed by atoms with Crippen LogP contribution in [-0.2, 0) is 6.54 Å². The molecule has 0 bridgehead atoms. The number of rotatable bonds is 5. The van der Waals surface area contributed by atoms with Gasteiger partial charge in [0.25, 0.3) is 0 Å². The van der Waals surface area contributed by atoms with Gasteiger partial charge in [0, 0.05) is 29.8 Å². The lowest BCUT2D eigenvalue weighted by atomic mass is 9.84. The molecule has 1 aromatic rings. The van der Waals surface area contributed by atoms with E-state index in [0.29, 0.717) is 11.3 Å². The highest BCUT2D eigenvalue weighted by atomic mass is 79.9. The zero-order valence-electron chi connectivity index (χ0n) is 13.9. The van der Waals surface area contributed by atoms with Gasteiger partial charge in [-0.15, -0.1) is 0 Å². The monoisotopic (exact) mass is 352 g/mol. The summed E-state index contributed by atoms with van der Waals surface area (Å²) < 4.78 is 1.22. The molecule has 1 aliphatic heterocycles. The summed E-state index contributed by atoms with van der Waals surface area (Å²) >= 11 is 3.74. The maximum atomic E-state index is 3.74. The van der Waals surface area contributed by atoms with Crippen LogP contribution in [0.5, 0.6) is 0 Å². The second-order valence-electron chi connectivity index (χ2n) is 7.49. The summed E-state index contributed by atoms with van der Waals surface area (Å²) in [4.78, 5) is 2.53. The van der Waals surface area contributed by atoms with E-state index in [9.17, 15) is 0 Å². The normalized spacial score (nSPS) is 18.3. The molecule has 0 aromatic heterocycles. The van der Waals surface area contributed by atoms with Crippen LogP contribution in [0.2, 0.25) is 0 Å². The van der Waals surface area contributed by atoms with E-state index in [1.54, 1.807) is 0 Å². The average molecular weight is 353 g/mol. The van der Waals surface area contributed by atoms with E-state index in [-0.39, 0.29) is 0 Å². The number of halogens is 1. The molecule has 3 heteroatoms. The van der Waals surface area contributed by atoms with Gasteiger partial charge in [-0.3, -0.25) is 0 Å². The number of piperidine rings is 1. The number of nitrogens with zero attached hydrogens (tertiary/aromatic N) is 1. The fourth-order valence-corrected chi connectivity index (χ4v) is 3.52. The van der Waals surface area contributed by atoms with Gasteiger partial charge in [0.05, 0.1) is 0 Å². The number of anilines is 1. The Balaban J connectivity index is 2.01. The third kappa shape index (κ3) is 5.00. The lowest BCUT2D eigenvalue weighted by Gasteiger charge is -2.39. The first kappa shape index (κ1) is 16.8. The summed E-state index contributed by atoms with van der Waals surface area (Å²) in [6.45, 7) is 13.6. The van der Waals surface area contributed by atoms with Gasteiger partial charge in [-0.2, -0.15) is 0 Å². The zero-order valence-corrected chi connectivity index (χ0v) is 15.5. The first-order valence-electron chi connectivity index (χ1n) is 8.11. The van der Waals surface area contributed by atoms with Crippen molar-refractivity contribution in [3.05, 3.63) is 28.2 Å². The van der Waals surface area contributed by atoms with E-state index in [0.717, 1.165) is 19.6 Å². The summed E-state index contributed by atoms with van der Waals surface area (Å²) in [5.41, 5.74) is 3.13. The Labute approximate surface area is 138 Å². The SMILES string of the molecule is CC(C)CNCc1ccc(N2CCCC(C)(C)C2)cc1Br. The molecular formula is C18H29BrN2. The van der Waals surface area contributed by atoms with Crippen molar-refractivity contribution in [2.24, 2.45) is 11.3 Å². The minimum absolute atomic E-state index is 0.433. The second kappa shape index (κ2) is 7.15. The van der Waals surface area contributed by atoms with Gasteiger partial charge in [-0.1, -0.05) is 49.7 Å². The summed E-state index contributed by atoms with van der Waals surface area (Å²) in [6, 6.07) is 6.82. The van der Waals surface area contributed by atoms with Crippen LogP contribution >= 0.6 is 15.9 Å². The van der Waals surface area contributed by atoms with Crippen molar-refractivity contribution in [3.8, 4) is 0 Å². The smallest absolute Gasteiger partial charge is 0.0377 e. The van der Waals surface area contributed by atoms with Gasteiger partial charge >= 0.3 is 0 Å². The van der Waals surface area contributed by atoms with Crippen molar-refractivity contribution < 1.29 is 0 Å². The first-order valence-corrected chi connectivity index (χ1v) is 8.91. The maximum absolute atomic E-state index is 3.74. The molecule has 0 aliphatic carbocycles. The van der Waals surface area contributed by atoms with Gasteiger partial charge in [-0.25, -0.2) is 0 Å². The standard InChI is InChI=1S/C18H29BrN2/c1-14(2)11-20-12-15-6-7-16(10-17(15)19)21-9-5-8-18(3,4)13-21/h6-7,10,14,20H,5,8-9,11-13H2,1-4H3. The van der Waals surface area contributed by atoms with E-state index in [1.165, 1.54) is 35.1 Å². The van der Waals surface area contributed by atoms with Gasteiger partial charge in [0.15, 0.2) is 0 Å². The molecule has 0 spiro atoms. The summed E-state index contributed by atoms with van der Waals surface area (Å²) in [6.07, 6.45) is 2.63. The summed E-state index contributed by atoms with van der Waals surface area (Å²) in [5, 5.41) is 3.51. The molecule has 0 radical (unpaired) electrons. The van der Waals surface area contributed by atoms with E-state index in [1.807, 2.05) is 0 Å². The number of hydrogen-bond acceptors (Lipinski definition) is 2. The first-order chi connectivity index (χ1) is 9.87. The van der Waals surface area contributed by atoms with Crippen LogP contribution < -0.4 is 10.2 Å². The largest absolute Gasteiger partial charge is 0.371 e. The van der Waals surface area contributed by atoms with Crippen LogP contribution in [0.4, 0.5) is 5.69 Å². The molecule has 0 atom stereocenters. The van der Waals surface area contributed by atoms with Crippen molar-refractivity contribution in [2.75, 3.05) is 24.5 Å². The molecule has 1 fully saturated rings. The highest BCUT2D eigenvalue weighted by Gasteiger charge is 2.26. The molecule has 2 rings (SSSR count). The minimum atomic E-state index is 0.433. The van der Waals surface area contributed by atoms with Crippen LogP contribution in [0.15, 0.2) is 22.7 Å². The van der Waals surface area contributed by atoms with E-state index < -0.39 is 0 Å². The lowest BCUT2D eigenvalue weighted by molar-refractivity contribution is 0.293. The predicted molar refractivity (Wildman–Crippen MR) is 95.9 cm³/mol. The summed E-state index contributed by atoms with van der Waals surface area (Å²) in [7, 11) is 0. The fourth-order valence-electron chi connectivity index (χ4n) is 3.02. The van der Waals surface area contributed by atoms with Gasteiger partial charge in [0.2, 0.25) is 0 Å². The van der Waals surface area contributed by atoms with Crippen molar-refractivity contribution >= 4 is 21.6 Å². The quantitative estimate of drug-likeness (QED) is 0.816. The van der Waals surface area contributed by atoms with Gasteiger partial charge in [-0.05, 0) is 48.4 Å². The van der Waals surface area contributed by atoms with E-state index in [2.05, 4.69) is 72.0 Å². The topological polar surface area (TPSA) is 15.3 Å². The zero-order chi connectivity index (χ0) is 15.5. The second-order valence-corrected chi connectivity index (χ2v) is 8.34. The third-order valence-corrected chi connectivity index (χ3v) is 4.91. The van der Waals surface area contributed by atoms with Crippen LogP contribution in [0.25, 0.3) is 0 Å². The average Bonchev–Trinajstić information content (AvgIpc) is 2.39. The van der Waals surface area contributed by atoms with Crippen LogP contribution in [-0.4, -0.2) is 19.6 Å². The molecule has 21 heavy (non-hydrogen) atoms. The van der Waals surface area contributed by atoms with Gasteiger partial charge in [0.1, 0.15) is 0 Å². The molecule has 1 aromatic carbocycles. The Hall–Kier alpha value is -0.540. The molecule has 0 unspecified atom stereocenters. The molecule has 1 heterocycles. The van der Waals surface area contributed by atoms with Gasteiger partial charge < -0.3 is 10.2 Å². The Morgan fingerprint density at radius 1 is 1.33 bits per heavy atom. The third-order valence-electron chi connectivity index (χ3n) is 4.17. The molecular weight excluding hydrogens is 324 g/mol. The van der Waals surface area contributed by atoms with E-state index >= 15 is 0 Å². The molecule has 0 saturated carbocycles. The Morgan fingerprint density at radius 2 is 2.10 bits per heavy atom. The lowest BCUT2D eigenvalue weighted by Crippen LogP contribution is -2.40. The number of benzene rings is 1. The minimum Gasteiger partial charge on any atom is -0.371 e. The molecule has 1 aliphatic rings. The molecule has 118 valence electrons. The van der Waals surface area contributed by atoms with Crippen molar-refractivity contribution in [2.45, 2.75) is 47.1 Å². The molecule has 1 N–H and O–H groups in total. The van der Waals surface area contributed by atoms with Crippen LogP contribution in [0.1, 0.15) is 46.1 Å². The van der Waals surface area contributed by atoms with Crippen LogP contribution in [0, 0.1) is 11.3 Å². The Bertz CT molecular complexity index is 468. The Morgan fingerprint density at radius 3 is 2.71 bits per heavy atom. The van der Waals surface area contributed by atoms with Crippen molar-refractivity contribution in [3.63, 3.8) is 0 Å².